The van der Waals surface area contributed by atoms with Gasteiger partial charge in [0.1, 0.15) is 0 Å². The number of carboxylic acids is 1. The van der Waals surface area contributed by atoms with E-state index in [0.717, 1.165) is 0 Å². The summed E-state index contributed by atoms with van der Waals surface area (Å²) in [6.07, 6.45) is 0.942. The topological polar surface area (TPSA) is 92.7 Å². The summed E-state index contributed by atoms with van der Waals surface area (Å²) in [5.74, 6) is -2.08. The molecule has 0 spiro atoms. The second-order valence-corrected chi connectivity index (χ2v) is 4.60. The molecule has 0 aliphatic rings. The van der Waals surface area contributed by atoms with Crippen LogP contribution < -0.4 is 5.32 Å². The summed E-state index contributed by atoms with van der Waals surface area (Å²) >= 11 is 0. The smallest absolute Gasteiger partial charge is 0.337 e. The Morgan fingerprint density at radius 1 is 1.24 bits per heavy atom. The summed E-state index contributed by atoms with van der Waals surface area (Å²) in [6.45, 7) is 1.78. The third-order valence-electron chi connectivity index (χ3n) is 3.15. The molecule has 2 N–H and O–H groups in total. The Morgan fingerprint density at radius 2 is 1.86 bits per heavy atom. The van der Waals surface area contributed by atoms with E-state index in [-0.39, 0.29) is 12.3 Å². The highest BCUT2D eigenvalue weighted by Crippen LogP contribution is 2.14. The Bertz CT molecular complexity index is 509. The Hall–Kier alpha value is -2.37. The highest BCUT2D eigenvalue weighted by atomic mass is 16.5. The number of hydrogen-bond acceptors (Lipinski definition) is 4. The first-order valence-corrected chi connectivity index (χ1v) is 6.69. The molecule has 0 bridgehead atoms. The molecule has 0 aliphatic carbocycles. The minimum atomic E-state index is -0.882. The molecular weight excluding hydrogens is 274 g/mol. The van der Waals surface area contributed by atoms with Crippen molar-refractivity contribution in [3.05, 3.63) is 29.8 Å². The van der Waals surface area contributed by atoms with Crippen LogP contribution in [0.4, 0.5) is 5.69 Å². The van der Waals surface area contributed by atoms with Crippen LogP contribution in [-0.2, 0) is 14.3 Å². The van der Waals surface area contributed by atoms with Crippen LogP contribution in [0.15, 0.2) is 24.3 Å². The third-order valence-corrected chi connectivity index (χ3v) is 3.15. The molecule has 0 saturated heterocycles. The van der Waals surface area contributed by atoms with Gasteiger partial charge in [0.2, 0.25) is 5.91 Å². The van der Waals surface area contributed by atoms with Crippen LogP contribution in [-0.4, -0.2) is 30.1 Å². The molecular formula is C15H19NO5. The molecule has 0 aliphatic heterocycles. The fraction of sp³-hybridized carbons (Fsp3) is 0.400. The fourth-order valence-electron chi connectivity index (χ4n) is 1.84. The van der Waals surface area contributed by atoms with Gasteiger partial charge in [0.15, 0.2) is 0 Å². The average Bonchev–Trinajstić information content (AvgIpc) is 2.47. The van der Waals surface area contributed by atoms with Gasteiger partial charge in [-0.3, -0.25) is 9.59 Å². The number of methoxy groups -OCH3 is 1. The molecule has 6 nitrogen and oxygen atoms in total. The quantitative estimate of drug-likeness (QED) is 0.752. The van der Waals surface area contributed by atoms with Crippen LogP contribution in [0.1, 0.15) is 36.5 Å². The summed E-state index contributed by atoms with van der Waals surface area (Å²) < 4.78 is 4.58. The summed E-state index contributed by atoms with van der Waals surface area (Å²) in [4.78, 5) is 33.8. The number of carbonyl (C=O) groups excluding carboxylic acids is 2. The van der Waals surface area contributed by atoms with E-state index in [0.29, 0.717) is 24.1 Å². The van der Waals surface area contributed by atoms with Gasteiger partial charge in [0.05, 0.1) is 18.6 Å². The number of carboxylic acid groups (broad SMARTS) is 1. The summed E-state index contributed by atoms with van der Waals surface area (Å²) in [6, 6.07) is 6.29. The lowest BCUT2D eigenvalue weighted by molar-refractivity contribution is -0.142. The number of benzene rings is 1. The molecule has 21 heavy (non-hydrogen) atoms. The van der Waals surface area contributed by atoms with Crippen LogP contribution >= 0.6 is 0 Å². The second-order valence-electron chi connectivity index (χ2n) is 4.60. The predicted octanol–water partition coefficient (Wildman–Crippen LogP) is 2.30. The van der Waals surface area contributed by atoms with Crippen molar-refractivity contribution in [2.24, 2.45) is 5.92 Å². The zero-order valence-electron chi connectivity index (χ0n) is 12.1. The van der Waals surface area contributed by atoms with E-state index in [1.807, 2.05) is 0 Å². The van der Waals surface area contributed by atoms with Crippen molar-refractivity contribution in [1.29, 1.82) is 0 Å². The molecule has 0 heterocycles. The maximum absolute atomic E-state index is 11.7. The van der Waals surface area contributed by atoms with Crippen molar-refractivity contribution in [2.45, 2.75) is 26.2 Å². The van der Waals surface area contributed by atoms with Gasteiger partial charge in [0.25, 0.3) is 0 Å². The summed E-state index contributed by atoms with van der Waals surface area (Å²) in [5.41, 5.74) is 0.948. The molecule has 0 aromatic heterocycles. The molecule has 1 unspecified atom stereocenters. The molecule has 0 radical (unpaired) electrons. The van der Waals surface area contributed by atoms with Gasteiger partial charge < -0.3 is 15.2 Å². The van der Waals surface area contributed by atoms with Crippen molar-refractivity contribution in [3.8, 4) is 0 Å². The zero-order chi connectivity index (χ0) is 15.8. The van der Waals surface area contributed by atoms with Gasteiger partial charge >= 0.3 is 11.9 Å². The van der Waals surface area contributed by atoms with Gasteiger partial charge in [-0.2, -0.15) is 0 Å². The minimum absolute atomic E-state index is 0.142. The summed E-state index contributed by atoms with van der Waals surface area (Å²) in [5, 5.41) is 11.6. The van der Waals surface area contributed by atoms with E-state index in [1.165, 1.54) is 7.11 Å². The van der Waals surface area contributed by atoms with Crippen LogP contribution in [0.25, 0.3) is 0 Å². The summed E-state index contributed by atoms with van der Waals surface area (Å²) in [7, 11) is 1.30. The number of ether oxygens (including phenoxy) is 1. The van der Waals surface area contributed by atoms with E-state index < -0.39 is 17.9 Å². The normalized spacial score (nSPS) is 11.5. The number of rotatable bonds is 7. The van der Waals surface area contributed by atoms with Gasteiger partial charge in [-0.15, -0.1) is 0 Å². The van der Waals surface area contributed by atoms with Crippen LogP contribution in [0.3, 0.4) is 0 Å². The molecule has 6 heteroatoms. The van der Waals surface area contributed by atoms with Gasteiger partial charge in [-0.1, -0.05) is 6.92 Å². The zero-order valence-corrected chi connectivity index (χ0v) is 12.1. The van der Waals surface area contributed by atoms with Gasteiger partial charge in [-0.25, -0.2) is 4.79 Å². The minimum Gasteiger partial charge on any atom is -0.481 e. The standard InChI is InChI=1S/C15H19NO5/c1-3-10(14(18)19)6-9-13(17)16-12-7-4-11(5-8-12)15(20)21-2/h4-5,7-8,10H,3,6,9H2,1-2H3,(H,16,17)(H,18,19). The number of nitrogens with one attached hydrogen (secondary N) is 1. The van der Waals surface area contributed by atoms with Crippen molar-refractivity contribution >= 4 is 23.5 Å². The first-order chi connectivity index (χ1) is 9.97. The van der Waals surface area contributed by atoms with Crippen LogP contribution in [0.5, 0.6) is 0 Å². The molecule has 0 fully saturated rings. The lowest BCUT2D eigenvalue weighted by Crippen LogP contribution is -2.17. The first-order valence-electron chi connectivity index (χ1n) is 6.69. The molecule has 114 valence electrons. The van der Waals surface area contributed by atoms with Crippen molar-refractivity contribution < 1.29 is 24.2 Å². The highest BCUT2D eigenvalue weighted by molar-refractivity contribution is 5.93. The lowest BCUT2D eigenvalue weighted by atomic mass is 10.0. The SMILES string of the molecule is CCC(CCC(=O)Nc1ccc(C(=O)OC)cc1)C(=O)O. The van der Waals surface area contributed by atoms with Crippen LogP contribution in [0, 0.1) is 5.92 Å². The predicted molar refractivity (Wildman–Crippen MR) is 77.1 cm³/mol. The van der Waals surface area contributed by atoms with Crippen LogP contribution in [0.2, 0.25) is 0 Å². The third kappa shape index (κ3) is 5.25. The Morgan fingerprint density at radius 3 is 2.33 bits per heavy atom. The molecule has 0 saturated carbocycles. The van der Waals surface area contributed by atoms with E-state index in [4.69, 9.17) is 5.11 Å². The van der Waals surface area contributed by atoms with Crippen molar-refractivity contribution in [3.63, 3.8) is 0 Å². The van der Waals surface area contributed by atoms with E-state index in [2.05, 4.69) is 10.1 Å². The van der Waals surface area contributed by atoms with Crippen molar-refractivity contribution in [1.82, 2.24) is 0 Å². The number of hydrogen-bond donors (Lipinski definition) is 2. The van der Waals surface area contributed by atoms with E-state index >= 15 is 0 Å². The first kappa shape index (κ1) is 16.7. The molecule has 1 atom stereocenters. The number of carbonyl (C=O) groups is 3. The number of amides is 1. The maximum Gasteiger partial charge on any atom is 0.337 e. The fourth-order valence-corrected chi connectivity index (χ4v) is 1.84. The molecule has 1 amide bonds. The number of aliphatic carboxylic acids is 1. The van der Waals surface area contributed by atoms with Gasteiger partial charge in [-0.05, 0) is 37.1 Å². The molecule has 1 aromatic carbocycles. The Balaban J connectivity index is 2.51. The monoisotopic (exact) mass is 293 g/mol. The Labute approximate surface area is 123 Å². The van der Waals surface area contributed by atoms with E-state index in [9.17, 15) is 14.4 Å². The molecule has 1 aromatic rings. The average molecular weight is 293 g/mol. The maximum atomic E-state index is 11.7. The second kappa shape index (κ2) is 8.04. The van der Waals surface area contributed by atoms with E-state index in [1.54, 1.807) is 31.2 Å². The number of anilines is 1. The largest absolute Gasteiger partial charge is 0.481 e. The van der Waals surface area contributed by atoms with Gasteiger partial charge in [0, 0.05) is 12.1 Å². The Kier molecular flexibility index (Phi) is 6.39. The van der Waals surface area contributed by atoms with Crippen molar-refractivity contribution in [2.75, 3.05) is 12.4 Å². The molecule has 1 rings (SSSR count). The number of esters is 1. The lowest BCUT2D eigenvalue weighted by Gasteiger charge is -2.10. The highest BCUT2D eigenvalue weighted by Gasteiger charge is 2.16.